The van der Waals surface area contributed by atoms with Crippen LogP contribution in [-0.2, 0) is 0 Å². The van der Waals surface area contributed by atoms with E-state index in [9.17, 15) is 5.11 Å². The maximum atomic E-state index is 9.19. The maximum absolute atomic E-state index is 9.19. The van der Waals surface area contributed by atoms with Gasteiger partial charge in [0.05, 0.1) is 6.10 Å². The lowest BCUT2D eigenvalue weighted by Gasteiger charge is -2.18. The predicted molar refractivity (Wildman–Crippen MR) is 68.6 cm³/mol. The number of aliphatic hydroxyl groups excluding tert-OH is 1. The first-order chi connectivity index (χ1) is 7.52. The Balaban J connectivity index is 2.59. The summed E-state index contributed by atoms with van der Waals surface area (Å²) in [5, 5.41) is 12.6. The Morgan fingerprint density at radius 1 is 1.25 bits per heavy atom. The molecule has 16 heavy (non-hydrogen) atoms. The second-order valence-electron chi connectivity index (χ2n) is 4.60. The number of hydrogen-bond donors (Lipinski definition) is 2. The molecule has 0 aromatic heterocycles. The van der Waals surface area contributed by atoms with Crippen molar-refractivity contribution in [2.75, 3.05) is 6.54 Å². The highest BCUT2D eigenvalue weighted by Crippen LogP contribution is 2.19. The smallest absolute Gasteiger partial charge is 0.0524 e. The normalized spacial score (nSPS) is 14.8. The topological polar surface area (TPSA) is 32.3 Å². The summed E-state index contributed by atoms with van der Waals surface area (Å²) in [5.41, 5.74) is 4.05. The van der Waals surface area contributed by atoms with Crippen molar-refractivity contribution in [3.63, 3.8) is 0 Å². The van der Waals surface area contributed by atoms with E-state index in [-0.39, 0.29) is 6.10 Å². The van der Waals surface area contributed by atoms with Crippen LogP contribution in [0, 0.1) is 13.8 Å². The lowest BCUT2D eigenvalue weighted by Crippen LogP contribution is -2.23. The molecule has 0 heterocycles. The summed E-state index contributed by atoms with van der Waals surface area (Å²) in [6.45, 7) is 9.15. The summed E-state index contributed by atoms with van der Waals surface area (Å²) >= 11 is 0. The molecule has 2 atom stereocenters. The van der Waals surface area contributed by atoms with Gasteiger partial charge in [0.25, 0.3) is 0 Å². The van der Waals surface area contributed by atoms with Crippen molar-refractivity contribution in [1.82, 2.24) is 5.32 Å². The van der Waals surface area contributed by atoms with Crippen molar-refractivity contribution in [2.24, 2.45) is 0 Å². The van der Waals surface area contributed by atoms with Crippen molar-refractivity contribution in [2.45, 2.75) is 46.3 Å². The van der Waals surface area contributed by atoms with E-state index in [4.69, 9.17) is 0 Å². The Labute approximate surface area is 98.7 Å². The second kappa shape index (κ2) is 6.02. The SMILES string of the molecule is Cc1cccc([C@@H](C)NCC[C@@H](C)O)c1C. The van der Waals surface area contributed by atoms with Gasteiger partial charge in [-0.3, -0.25) is 0 Å². The fourth-order valence-electron chi connectivity index (χ4n) is 1.86. The van der Waals surface area contributed by atoms with E-state index in [0.29, 0.717) is 6.04 Å². The maximum Gasteiger partial charge on any atom is 0.0524 e. The minimum Gasteiger partial charge on any atom is -0.393 e. The molecule has 0 fully saturated rings. The fourth-order valence-corrected chi connectivity index (χ4v) is 1.86. The van der Waals surface area contributed by atoms with Gasteiger partial charge in [-0.1, -0.05) is 18.2 Å². The van der Waals surface area contributed by atoms with Crippen LogP contribution in [-0.4, -0.2) is 17.8 Å². The van der Waals surface area contributed by atoms with Gasteiger partial charge >= 0.3 is 0 Å². The first-order valence-corrected chi connectivity index (χ1v) is 6.00. The van der Waals surface area contributed by atoms with Crippen molar-refractivity contribution < 1.29 is 5.11 Å². The Morgan fingerprint density at radius 2 is 1.94 bits per heavy atom. The van der Waals surface area contributed by atoms with E-state index in [1.807, 2.05) is 6.92 Å². The number of hydrogen-bond acceptors (Lipinski definition) is 2. The lowest BCUT2D eigenvalue weighted by atomic mass is 9.98. The summed E-state index contributed by atoms with van der Waals surface area (Å²) in [7, 11) is 0. The molecule has 0 bridgehead atoms. The molecule has 0 amide bonds. The van der Waals surface area contributed by atoms with Crippen molar-refractivity contribution in [3.05, 3.63) is 34.9 Å². The third-order valence-corrected chi connectivity index (χ3v) is 3.13. The molecular formula is C14H23NO. The van der Waals surface area contributed by atoms with E-state index < -0.39 is 0 Å². The van der Waals surface area contributed by atoms with Gasteiger partial charge in [0.2, 0.25) is 0 Å². The predicted octanol–water partition coefficient (Wildman–Crippen LogP) is 2.72. The molecule has 0 spiro atoms. The molecule has 0 aliphatic heterocycles. The van der Waals surface area contributed by atoms with Gasteiger partial charge in [-0.05, 0) is 57.4 Å². The summed E-state index contributed by atoms with van der Waals surface area (Å²) in [6.07, 6.45) is 0.577. The van der Waals surface area contributed by atoms with Gasteiger partial charge in [0.15, 0.2) is 0 Å². The standard InChI is InChI=1S/C14H23NO/c1-10-6-5-7-14(12(10)3)13(4)15-9-8-11(2)16/h5-7,11,13,15-16H,8-9H2,1-4H3/t11-,13-/m1/s1. The second-order valence-corrected chi connectivity index (χ2v) is 4.60. The van der Waals surface area contributed by atoms with Gasteiger partial charge in [-0.25, -0.2) is 0 Å². The molecule has 0 aliphatic rings. The van der Waals surface area contributed by atoms with Crippen LogP contribution in [0.15, 0.2) is 18.2 Å². The molecule has 1 aromatic carbocycles. The number of rotatable bonds is 5. The van der Waals surface area contributed by atoms with E-state index in [0.717, 1.165) is 13.0 Å². The Hall–Kier alpha value is -0.860. The fraction of sp³-hybridized carbons (Fsp3) is 0.571. The van der Waals surface area contributed by atoms with Crippen LogP contribution in [0.2, 0.25) is 0 Å². The minimum atomic E-state index is -0.224. The molecule has 90 valence electrons. The molecule has 1 aromatic rings. The van der Waals surface area contributed by atoms with Crippen molar-refractivity contribution >= 4 is 0 Å². The zero-order valence-electron chi connectivity index (χ0n) is 10.7. The highest BCUT2D eigenvalue weighted by atomic mass is 16.3. The monoisotopic (exact) mass is 221 g/mol. The lowest BCUT2D eigenvalue weighted by molar-refractivity contribution is 0.182. The number of nitrogens with one attached hydrogen (secondary N) is 1. The van der Waals surface area contributed by atoms with Crippen LogP contribution in [0.5, 0.6) is 0 Å². The van der Waals surface area contributed by atoms with E-state index in [2.05, 4.69) is 44.3 Å². The van der Waals surface area contributed by atoms with Crippen LogP contribution in [0.3, 0.4) is 0 Å². The van der Waals surface area contributed by atoms with Crippen LogP contribution in [0.25, 0.3) is 0 Å². The zero-order chi connectivity index (χ0) is 12.1. The third-order valence-electron chi connectivity index (χ3n) is 3.13. The summed E-state index contributed by atoms with van der Waals surface area (Å²) in [5.74, 6) is 0. The summed E-state index contributed by atoms with van der Waals surface area (Å²) in [6, 6.07) is 6.76. The van der Waals surface area contributed by atoms with E-state index in [1.54, 1.807) is 0 Å². The van der Waals surface area contributed by atoms with Gasteiger partial charge in [0.1, 0.15) is 0 Å². The molecule has 2 N–H and O–H groups in total. The van der Waals surface area contributed by atoms with Crippen LogP contribution >= 0.6 is 0 Å². The Morgan fingerprint density at radius 3 is 2.56 bits per heavy atom. The molecule has 2 heteroatoms. The Bertz CT molecular complexity index is 334. The highest BCUT2D eigenvalue weighted by molar-refractivity contribution is 5.34. The highest BCUT2D eigenvalue weighted by Gasteiger charge is 2.08. The molecule has 0 saturated carbocycles. The number of aliphatic hydroxyl groups is 1. The van der Waals surface area contributed by atoms with Gasteiger partial charge in [-0.2, -0.15) is 0 Å². The molecule has 2 nitrogen and oxygen atoms in total. The summed E-state index contributed by atoms with van der Waals surface area (Å²) in [4.78, 5) is 0. The molecule has 1 rings (SSSR count). The van der Waals surface area contributed by atoms with E-state index in [1.165, 1.54) is 16.7 Å². The molecule has 0 saturated heterocycles. The van der Waals surface area contributed by atoms with Gasteiger partial charge in [0, 0.05) is 6.04 Å². The first-order valence-electron chi connectivity index (χ1n) is 6.00. The van der Waals surface area contributed by atoms with E-state index >= 15 is 0 Å². The van der Waals surface area contributed by atoms with Crippen molar-refractivity contribution in [3.8, 4) is 0 Å². The average molecular weight is 221 g/mol. The van der Waals surface area contributed by atoms with Crippen LogP contribution in [0.4, 0.5) is 0 Å². The van der Waals surface area contributed by atoms with Gasteiger partial charge < -0.3 is 10.4 Å². The quantitative estimate of drug-likeness (QED) is 0.801. The van der Waals surface area contributed by atoms with Crippen LogP contribution < -0.4 is 5.32 Å². The third kappa shape index (κ3) is 3.62. The molecule has 0 unspecified atom stereocenters. The number of benzene rings is 1. The molecule has 0 aliphatic carbocycles. The number of aryl methyl sites for hydroxylation is 1. The van der Waals surface area contributed by atoms with Crippen LogP contribution in [0.1, 0.15) is 43.0 Å². The molecule has 0 radical (unpaired) electrons. The van der Waals surface area contributed by atoms with Gasteiger partial charge in [-0.15, -0.1) is 0 Å². The van der Waals surface area contributed by atoms with Crippen molar-refractivity contribution in [1.29, 1.82) is 0 Å². The zero-order valence-corrected chi connectivity index (χ0v) is 10.7. The minimum absolute atomic E-state index is 0.224. The first kappa shape index (κ1) is 13.2. The molecular weight excluding hydrogens is 198 g/mol. The Kier molecular flexibility index (Phi) is 4.97. The summed E-state index contributed by atoms with van der Waals surface area (Å²) < 4.78 is 0. The average Bonchev–Trinajstić information content (AvgIpc) is 2.21. The largest absolute Gasteiger partial charge is 0.393 e.